The zero-order valence-electron chi connectivity index (χ0n) is 10.1. The molecule has 0 aromatic rings. The van der Waals surface area contributed by atoms with Crippen molar-refractivity contribution in [2.45, 2.75) is 12.8 Å². The van der Waals surface area contributed by atoms with E-state index in [1.165, 1.54) is 0 Å². The summed E-state index contributed by atoms with van der Waals surface area (Å²) >= 11 is 0. The van der Waals surface area contributed by atoms with Crippen molar-refractivity contribution in [2.24, 2.45) is 5.41 Å². The van der Waals surface area contributed by atoms with Crippen molar-refractivity contribution in [3.63, 3.8) is 0 Å². The van der Waals surface area contributed by atoms with E-state index in [-0.39, 0.29) is 6.54 Å². The number of hydrogen-bond acceptors (Lipinski definition) is 5. The Morgan fingerprint density at radius 1 is 1.33 bits per heavy atom. The van der Waals surface area contributed by atoms with Gasteiger partial charge in [0.2, 0.25) is 5.91 Å². The fourth-order valence-electron chi connectivity index (χ4n) is 1.79. The molecule has 7 nitrogen and oxygen atoms in total. The maximum absolute atomic E-state index is 11.4. The number of ether oxygens (including phenoxy) is 1. The number of carboxylic acids is 1. The molecule has 104 valence electrons. The summed E-state index contributed by atoms with van der Waals surface area (Å²) in [5.41, 5.74) is -1.05. The summed E-state index contributed by atoms with van der Waals surface area (Å²) in [6.07, 6.45) is 1.57. The van der Waals surface area contributed by atoms with Gasteiger partial charge >= 0.3 is 5.97 Å². The predicted octanol–water partition coefficient (Wildman–Crippen LogP) is -0.971. The van der Waals surface area contributed by atoms with E-state index in [2.05, 4.69) is 5.32 Å². The Bertz CT molecular complexity index is 424. The number of carboxylic acid groups (broad SMARTS) is 1. The van der Waals surface area contributed by atoms with Crippen molar-refractivity contribution in [1.29, 1.82) is 0 Å². The van der Waals surface area contributed by atoms with E-state index in [1.807, 2.05) is 0 Å². The minimum absolute atomic E-state index is 0.0694. The molecule has 0 atom stereocenters. The highest BCUT2D eigenvalue weighted by molar-refractivity contribution is 7.91. The lowest BCUT2D eigenvalue weighted by atomic mass is 9.80. The standard InChI is InChI=1S/C10H17NO6S/c1-18(15,16)6-8(12)11-7-10(9(13)14)2-4-17-5-3-10/h2-7H2,1H3,(H,11,12)(H,13,14). The molecule has 1 amide bonds. The first-order valence-electron chi connectivity index (χ1n) is 5.51. The van der Waals surface area contributed by atoms with Gasteiger partial charge in [0.05, 0.1) is 5.41 Å². The second-order valence-electron chi connectivity index (χ2n) is 4.54. The van der Waals surface area contributed by atoms with Crippen LogP contribution in [0.25, 0.3) is 0 Å². The van der Waals surface area contributed by atoms with Crippen LogP contribution in [0, 0.1) is 5.41 Å². The quantitative estimate of drug-likeness (QED) is 0.670. The van der Waals surface area contributed by atoms with Gasteiger partial charge in [0.1, 0.15) is 5.75 Å². The smallest absolute Gasteiger partial charge is 0.311 e. The lowest BCUT2D eigenvalue weighted by Crippen LogP contribution is -2.47. The second-order valence-corrected chi connectivity index (χ2v) is 6.68. The first kappa shape index (κ1) is 14.9. The van der Waals surface area contributed by atoms with Gasteiger partial charge in [-0.15, -0.1) is 0 Å². The zero-order valence-corrected chi connectivity index (χ0v) is 11.0. The molecule has 1 aliphatic rings. The van der Waals surface area contributed by atoms with E-state index in [1.54, 1.807) is 0 Å². The van der Waals surface area contributed by atoms with Gasteiger partial charge in [-0.3, -0.25) is 9.59 Å². The van der Waals surface area contributed by atoms with Crippen LogP contribution < -0.4 is 5.32 Å². The maximum atomic E-state index is 11.4. The molecule has 0 aromatic heterocycles. The molecule has 18 heavy (non-hydrogen) atoms. The number of carbonyl (C=O) groups is 2. The average Bonchev–Trinajstić information content (AvgIpc) is 2.25. The summed E-state index contributed by atoms with van der Waals surface area (Å²) < 4.78 is 26.9. The van der Waals surface area contributed by atoms with Gasteiger partial charge in [-0.25, -0.2) is 8.42 Å². The molecule has 0 aromatic carbocycles. The fourth-order valence-corrected chi connectivity index (χ4v) is 2.36. The Morgan fingerprint density at radius 2 is 1.89 bits per heavy atom. The van der Waals surface area contributed by atoms with E-state index in [0.717, 1.165) is 6.26 Å². The maximum Gasteiger partial charge on any atom is 0.311 e. The first-order valence-corrected chi connectivity index (χ1v) is 7.57. The highest BCUT2D eigenvalue weighted by Crippen LogP contribution is 2.29. The summed E-state index contributed by atoms with van der Waals surface area (Å²) in [7, 11) is -3.40. The monoisotopic (exact) mass is 279 g/mol. The molecule has 1 heterocycles. The molecule has 0 aliphatic carbocycles. The number of amides is 1. The van der Waals surface area contributed by atoms with Gasteiger partial charge in [-0.2, -0.15) is 0 Å². The van der Waals surface area contributed by atoms with Crippen molar-refractivity contribution < 1.29 is 27.9 Å². The molecule has 1 rings (SSSR count). The fraction of sp³-hybridized carbons (Fsp3) is 0.800. The van der Waals surface area contributed by atoms with Crippen LogP contribution in [0.3, 0.4) is 0 Å². The molecule has 0 radical (unpaired) electrons. The van der Waals surface area contributed by atoms with Crippen LogP contribution >= 0.6 is 0 Å². The third-order valence-electron chi connectivity index (χ3n) is 2.92. The summed E-state index contributed by atoms with van der Waals surface area (Å²) in [6, 6.07) is 0. The van der Waals surface area contributed by atoms with Crippen molar-refractivity contribution in [2.75, 3.05) is 31.8 Å². The third-order valence-corrected chi connectivity index (χ3v) is 3.71. The highest BCUT2D eigenvalue weighted by atomic mass is 32.2. The number of rotatable bonds is 5. The number of aliphatic carboxylic acids is 1. The first-order chi connectivity index (χ1) is 8.25. The zero-order chi connectivity index (χ0) is 13.8. The number of hydrogen-bond donors (Lipinski definition) is 2. The van der Waals surface area contributed by atoms with Gasteiger partial charge in [-0.1, -0.05) is 0 Å². The summed E-state index contributed by atoms with van der Waals surface area (Å²) in [5, 5.41) is 11.6. The topological polar surface area (TPSA) is 110 Å². The molecular formula is C10H17NO6S. The second kappa shape index (κ2) is 5.66. The molecule has 2 N–H and O–H groups in total. The normalized spacial score (nSPS) is 19.2. The number of carbonyl (C=O) groups excluding carboxylic acids is 1. The molecule has 0 bridgehead atoms. The van der Waals surface area contributed by atoms with E-state index in [4.69, 9.17) is 4.74 Å². The van der Waals surface area contributed by atoms with E-state index < -0.39 is 32.9 Å². The van der Waals surface area contributed by atoms with Crippen molar-refractivity contribution in [1.82, 2.24) is 5.32 Å². The van der Waals surface area contributed by atoms with Crippen LogP contribution in [0.5, 0.6) is 0 Å². The summed E-state index contributed by atoms with van der Waals surface area (Å²) in [6.45, 7) is 0.586. The van der Waals surface area contributed by atoms with Crippen LogP contribution in [0.4, 0.5) is 0 Å². The van der Waals surface area contributed by atoms with Gasteiger partial charge in [0.15, 0.2) is 9.84 Å². The minimum Gasteiger partial charge on any atom is -0.481 e. The molecular weight excluding hydrogens is 262 g/mol. The minimum atomic E-state index is -3.40. The summed E-state index contributed by atoms with van der Waals surface area (Å²) in [4.78, 5) is 22.6. The number of nitrogens with one attached hydrogen (secondary N) is 1. The van der Waals surface area contributed by atoms with Gasteiger partial charge in [-0.05, 0) is 12.8 Å². The molecule has 1 aliphatic heterocycles. The molecule has 1 fully saturated rings. The van der Waals surface area contributed by atoms with Crippen molar-refractivity contribution in [3.05, 3.63) is 0 Å². The lowest BCUT2D eigenvalue weighted by molar-refractivity contribution is -0.154. The average molecular weight is 279 g/mol. The Kier molecular flexibility index (Phi) is 4.69. The highest BCUT2D eigenvalue weighted by Gasteiger charge is 2.40. The van der Waals surface area contributed by atoms with Crippen LogP contribution in [0.2, 0.25) is 0 Å². The summed E-state index contributed by atoms with van der Waals surface area (Å²) in [5.74, 6) is -2.30. The molecule has 0 spiro atoms. The van der Waals surface area contributed by atoms with E-state index in [9.17, 15) is 23.1 Å². The Labute approximate surface area is 105 Å². The Morgan fingerprint density at radius 3 is 2.33 bits per heavy atom. The van der Waals surface area contributed by atoms with E-state index >= 15 is 0 Å². The molecule has 0 unspecified atom stereocenters. The SMILES string of the molecule is CS(=O)(=O)CC(=O)NCC1(C(=O)O)CCOCC1. The lowest BCUT2D eigenvalue weighted by Gasteiger charge is -2.33. The van der Waals surface area contributed by atoms with Crippen molar-refractivity contribution in [3.8, 4) is 0 Å². The molecule has 1 saturated heterocycles. The van der Waals surface area contributed by atoms with Crippen LogP contribution in [-0.4, -0.2) is 57.2 Å². The largest absolute Gasteiger partial charge is 0.481 e. The van der Waals surface area contributed by atoms with Crippen LogP contribution in [-0.2, 0) is 24.2 Å². The number of sulfone groups is 1. The van der Waals surface area contributed by atoms with Gasteiger partial charge < -0.3 is 15.2 Å². The van der Waals surface area contributed by atoms with Crippen LogP contribution in [0.15, 0.2) is 0 Å². The van der Waals surface area contributed by atoms with Crippen LogP contribution in [0.1, 0.15) is 12.8 Å². The molecule has 0 saturated carbocycles. The van der Waals surface area contributed by atoms with Crippen molar-refractivity contribution >= 4 is 21.7 Å². The third kappa shape index (κ3) is 4.26. The van der Waals surface area contributed by atoms with Gasteiger partial charge in [0, 0.05) is 26.0 Å². The molecule has 8 heteroatoms. The predicted molar refractivity (Wildman–Crippen MR) is 62.8 cm³/mol. The van der Waals surface area contributed by atoms with E-state index in [0.29, 0.717) is 26.1 Å². The Balaban J connectivity index is 2.58. The Hall–Kier alpha value is -1.15. The van der Waals surface area contributed by atoms with Gasteiger partial charge in [0.25, 0.3) is 0 Å².